The average Bonchev–Trinajstić information content (AvgIpc) is 2.49. The normalized spacial score (nSPS) is 13.0. The van der Waals surface area contributed by atoms with Crippen LogP contribution in [-0.2, 0) is 4.79 Å². The van der Waals surface area contributed by atoms with Crippen molar-refractivity contribution in [2.75, 3.05) is 6.54 Å². The molecule has 0 saturated carbocycles. The molecule has 1 amide bonds. The van der Waals surface area contributed by atoms with Gasteiger partial charge in [0.1, 0.15) is 11.6 Å². The number of carbonyl (C=O) groups excluding carboxylic acids is 2. The summed E-state index contributed by atoms with van der Waals surface area (Å²) in [6.45, 7) is 7.74. The smallest absolute Gasteiger partial charge is 0.220 e. The summed E-state index contributed by atoms with van der Waals surface area (Å²) < 4.78 is 26.3. The van der Waals surface area contributed by atoms with Crippen molar-refractivity contribution in [1.82, 2.24) is 5.32 Å². The second-order valence-electron chi connectivity index (χ2n) is 7.00. The van der Waals surface area contributed by atoms with E-state index < -0.39 is 28.9 Å². The molecule has 1 unspecified atom stereocenters. The number of carbonyl (C=O) groups is 2. The molecule has 1 atom stereocenters. The van der Waals surface area contributed by atoms with Gasteiger partial charge < -0.3 is 10.4 Å². The molecule has 0 saturated heterocycles. The van der Waals surface area contributed by atoms with Crippen LogP contribution >= 0.6 is 0 Å². The molecule has 24 heavy (non-hydrogen) atoms. The van der Waals surface area contributed by atoms with Gasteiger partial charge in [-0.2, -0.15) is 0 Å². The van der Waals surface area contributed by atoms with Crippen molar-refractivity contribution in [2.45, 2.75) is 46.6 Å². The van der Waals surface area contributed by atoms with Crippen LogP contribution in [0.5, 0.6) is 0 Å². The van der Waals surface area contributed by atoms with Gasteiger partial charge in [-0.25, -0.2) is 8.78 Å². The van der Waals surface area contributed by atoms with Crippen LogP contribution in [0, 0.1) is 23.0 Å². The molecule has 0 aliphatic carbocycles. The van der Waals surface area contributed by atoms with Crippen molar-refractivity contribution in [3.05, 3.63) is 35.4 Å². The summed E-state index contributed by atoms with van der Waals surface area (Å²) in [6, 6.07) is 2.72. The summed E-state index contributed by atoms with van der Waals surface area (Å²) in [6.07, 6.45) is -0.835. The zero-order chi connectivity index (χ0) is 18.5. The number of ketones is 1. The molecule has 0 spiro atoms. The highest BCUT2D eigenvalue weighted by Gasteiger charge is 2.30. The van der Waals surface area contributed by atoms with Crippen LogP contribution in [0.3, 0.4) is 0 Å². The van der Waals surface area contributed by atoms with Gasteiger partial charge in [-0.15, -0.1) is 0 Å². The monoisotopic (exact) mass is 341 g/mol. The second kappa shape index (κ2) is 8.33. The van der Waals surface area contributed by atoms with Gasteiger partial charge in [0.15, 0.2) is 5.78 Å². The number of nitrogens with one attached hydrogen (secondary N) is 1. The molecule has 134 valence electrons. The predicted molar refractivity (Wildman–Crippen MR) is 87.6 cm³/mol. The standard InChI is InChI=1S/C18H25F2NO3/c1-11(2)17(24)18(3,4)10-21-16(23)8-7-15(22)13-6-5-12(19)9-14(13)20/h5-6,9,11,17,24H,7-8,10H2,1-4H3,(H,21,23). The third kappa shape index (κ3) is 5.67. The number of aliphatic hydroxyl groups excluding tert-OH is 1. The lowest BCUT2D eigenvalue weighted by atomic mass is 9.80. The molecule has 2 N–H and O–H groups in total. The van der Waals surface area contributed by atoms with E-state index in [-0.39, 0.29) is 36.8 Å². The summed E-state index contributed by atoms with van der Waals surface area (Å²) in [7, 11) is 0. The third-order valence-electron chi connectivity index (χ3n) is 3.98. The first-order valence-corrected chi connectivity index (χ1v) is 7.97. The van der Waals surface area contributed by atoms with Crippen molar-refractivity contribution in [3.8, 4) is 0 Å². The Labute approximate surface area is 141 Å². The van der Waals surface area contributed by atoms with Crippen LogP contribution in [0.4, 0.5) is 8.78 Å². The van der Waals surface area contributed by atoms with Crippen LogP contribution < -0.4 is 5.32 Å². The second-order valence-corrected chi connectivity index (χ2v) is 7.00. The topological polar surface area (TPSA) is 66.4 Å². The van der Waals surface area contributed by atoms with E-state index in [0.717, 1.165) is 12.1 Å². The maximum absolute atomic E-state index is 13.5. The lowest BCUT2D eigenvalue weighted by molar-refractivity contribution is -0.122. The minimum Gasteiger partial charge on any atom is -0.392 e. The number of benzene rings is 1. The van der Waals surface area contributed by atoms with Crippen molar-refractivity contribution < 1.29 is 23.5 Å². The van der Waals surface area contributed by atoms with Gasteiger partial charge in [0.05, 0.1) is 11.7 Å². The Bertz CT molecular complexity index is 600. The van der Waals surface area contributed by atoms with E-state index >= 15 is 0 Å². The molecule has 0 aromatic heterocycles. The van der Waals surface area contributed by atoms with E-state index in [9.17, 15) is 23.5 Å². The van der Waals surface area contributed by atoms with E-state index in [2.05, 4.69) is 5.32 Å². The summed E-state index contributed by atoms with van der Waals surface area (Å²) >= 11 is 0. The highest BCUT2D eigenvalue weighted by Crippen LogP contribution is 2.25. The van der Waals surface area contributed by atoms with Gasteiger partial charge in [-0.05, 0) is 18.1 Å². The van der Waals surface area contributed by atoms with E-state index in [1.165, 1.54) is 0 Å². The molecular formula is C18H25F2NO3. The zero-order valence-corrected chi connectivity index (χ0v) is 14.5. The van der Waals surface area contributed by atoms with Crippen LogP contribution in [0.2, 0.25) is 0 Å². The fraction of sp³-hybridized carbons (Fsp3) is 0.556. The van der Waals surface area contributed by atoms with Crippen LogP contribution in [-0.4, -0.2) is 29.4 Å². The van der Waals surface area contributed by atoms with Gasteiger partial charge in [-0.3, -0.25) is 9.59 Å². The molecule has 1 rings (SSSR count). The summed E-state index contributed by atoms with van der Waals surface area (Å²) in [5.41, 5.74) is -0.726. The van der Waals surface area contributed by atoms with E-state index in [1.807, 2.05) is 27.7 Å². The minimum absolute atomic E-state index is 0.0555. The number of amides is 1. The molecule has 0 aliphatic rings. The van der Waals surface area contributed by atoms with Crippen molar-refractivity contribution in [3.63, 3.8) is 0 Å². The first kappa shape index (κ1) is 20.2. The lowest BCUT2D eigenvalue weighted by Crippen LogP contribution is -2.43. The minimum atomic E-state index is -0.929. The van der Waals surface area contributed by atoms with Gasteiger partial charge in [0, 0.05) is 30.9 Å². The predicted octanol–water partition coefficient (Wildman–Crippen LogP) is 3.09. The summed E-state index contributed by atoms with van der Waals surface area (Å²) in [5, 5.41) is 12.8. The van der Waals surface area contributed by atoms with Crippen LogP contribution in [0.15, 0.2) is 18.2 Å². The molecule has 0 aliphatic heterocycles. The van der Waals surface area contributed by atoms with E-state index in [4.69, 9.17) is 0 Å². The SMILES string of the molecule is CC(C)C(O)C(C)(C)CNC(=O)CCC(=O)c1ccc(F)cc1F. The number of hydrogen-bond acceptors (Lipinski definition) is 3. The highest BCUT2D eigenvalue weighted by atomic mass is 19.1. The molecular weight excluding hydrogens is 316 g/mol. The number of aliphatic hydroxyl groups is 1. The van der Waals surface area contributed by atoms with Gasteiger partial charge in [0.2, 0.25) is 5.91 Å². The molecule has 0 bridgehead atoms. The molecule has 6 heteroatoms. The molecule has 4 nitrogen and oxygen atoms in total. The average molecular weight is 341 g/mol. The van der Waals surface area contributed by atoms with Crippen molar-refractivity contribution in [2.24, 2.45) is 11.3 Å². The maximum Gasteiger partial charge on any atom is 0.220 e. The number of hydrogen-bond donors (Lipinski definition) is 2. The fourth-order valence-corrected chi connectivity index (χ4v) is 2.50. The number of Topliss-reactive ketones (excluding diaryl/α,β-unsaturated/α-hetero) is 1. The Kier molecular flexibility index (Phi) is 7.02. The van der Waals surface area contributed by atoms with Gasteiger partial charge >= 0.3 is 0 Å². The molecule has 0 heterocycles. The molecule has 0 fully saturated rings. The van der Waals surface area contributed by atoms with Crippen molar-refractivity contribution >= 4 is 11.7 Å². The fourth-order valence-electron chi connectivity index (χ4n) is 2.50. The Hall–Kier alpha value is -1.82. The molecule has 1 aromatic carbocycles. The lowest BCUT2D eigenvalue weighted by Gasteiger charge is -2.33. The summed E-state index contributed by atoms with van der Waals surface area (Å²) in [5.74, 6) is -2.53. The van der Waals surface area contributed by atoms with Crippen molar-refractivity contribution in [1.29, 1.82) is 0 Å². The molecule has 1 aromatic rings. The quantitative estimate of drug-likeness (QED) is 0.714. The number of rotatable bonds is 8. The van der Waals surface area contributed by atoms with Gasteiger partial charge in [-0.1, -0.05) is 27.7 Å². The zero-order valence-electron chi connectivity index (χ0n) is 14.5. The number of halogens is 2. The van der Waals surface area contributed by atoms with E-state index in [1.54, 1.807) is 0 Å². The Morgan fingerprint density at radius 1 is 1.21 bits per heavy atom. The van der Waals surface area contributed by atoms with Crippen LogP contribution in [0.25, 0.3) is 0 Å². The Balaban J connectivity index is 2.50. The first-order valence-electron chi connectivity index (χ1n) is 7.97. The first-order chi connectivity index (χ1) is 11.0. The third-order valence-corrected chi connectivity index (χ3v) is 3.98. The largest absolute Gasteiger partial charge is 0.392 e. The molecule has 0 radical (unpaired) electrons. The Morgan fingerprint density at radius 2 is 1.83 bits per heavy atom. The maximum atomic E-state index is 13.5. The Morgan fingerprint density at radius 3 is 2.38 bits per heavy atom. The van der Waals surface area contributed by atoms with Crippen LogP contribution in [0.1, 0.15) is 50.9 Å². The highest BCUT2D eigenvalue weighted by molar-refractivity contribution is 5.98. The summed E-state index contributed by atoms with van der Waals surface area (Å²) in [4.78, 5) is 23.8. The van der Waals surface area contributed by atoms with Gasteiger partial charge in [0.25, 0.3) is 0 Å². The van der Waals surface area contributed by atoms with E-state index in [0.29, 0.717) is 6.07 Å².